The molecular formula is C13H19ClN4O. The van der Waals surface area contributed by atoms with E-state index in [1.165, 1.54) is 6.20 Å². The molecule has 1 fully saturated rings. The molecule has 0 aromatic carbocycles. The number of hydrogen-bond acceptors (Lipinski definition) is 4. The number of piperazine rings is 1. The SMILES string of the molecule is CNc1cc(C(=O)N2CCN(C)C(C)C2)c(Cl)cn1. The minimum absolute atomic E-state index is 0.0242. The second kappa shape index (κ2) is 5.75. The van der Waals surface area contributed by atoms with E-state index < -0.39 is 0 Å². The number of nitrogens with one attached hydrogen (secondary N) is 1. The molecule has 1 amide bonds. The Labute approximate surface area is 118 Å². The molecule has 1 aromatic rings. The molecule has 6 heteroatoms. The average Bonchev–Trinajstić information content (AvgIpc) is 2.41. The number of likely N-dealkylation sites (N-methyl/N-ethyl adjacent to an activating group) is 1. The number of carbonyl (C=O) groups excluding carboxylic acids is 1. The number of nitrogens with zero attached hydrogens (tertiary/aromatic N) is 3. The first kappa shape index (κ1) is 14.1. The van der Waals surface area contributed by atoms with E-state index in [4.69, 9.17) is 11.6 Å². The number of aromatic nitrogens is 1. The van der Waals surface area contributed by atoms with Gasteiger partial charge in [0.05, 0.1) is 10.6 Å². The van der Waals surface area contributed by atoms with E-state index in [9.17, 15) is 4.79 Å². The van der Waals surface area contributed by atoms with Crippen molar-refractivity contribution in [2.75, 3.05) is 39.0 Å². The van der Waals surface area contributed by atoms with Gasteiger partial charge in [0, 0.05) is 38.9 Å². The summed E-state index contributed by atoms with van der Waals surface area (Å²) in [6, 6.07) is 2.07. The Kier molecular flexibility index (Phi) is 4.27. The summed E-state index contributed by atoms with van der Waals surface area (Å²) in [5, 5.41) is 3.32. The van der Waals surface area contributed by atoms with Crippen LogP contribution in [0.1, 0.15) is 17.3 Å². The van der Waals surface area contributed by atoms with Crippen molar-refractivity contribution in [2.45, 2.75) is 13.0 Å². The number of hydrogen-bond donors (Lipinski definition) is 1. The number of anilines is 1. The molecule has 1 saturated heterocycles. The zero-order valence-electron chi connectivity index (χ0n) is 11.5. The fourth-order valence-corrected chi connectivity index (χ4v) is 2.33. The van der Waals surface area contributed by atoms with Crippen molar-refractivity contribution in [3.05, 3.63) is 22.8 Å². The van der Waals surface area contributed by atoms with Crippen LogP contribution in [0.2, 0.25) is 5.02 Å². The maximum absolute atomic E-state index is 12.5. The van der Waals surface area contributed by atoms with Gasteiger partial charge in [-0.15, -0.1) is 0 Å². The lowest BCUT2D eigenvalue weighted by Crippen LogP contribution is -2.52. The summed E-state index contributed by atoms with van der Waals surface area (Å²) in [5.41, 5.74) is 0.512. The van der Waals surface area contributed by atoms with Crippen LogP contribution in [-0.4, -0.2) is 60.5 Å². The number of pyridine rings is 1. The maximum atomic E-state index is 12.5. The molecule has 1 aliphatic heterocycles. The summed E-state index contributed by atoms with van der Waals surface area (Å²) in [5.74, 6) is 0.624. The standard InChI is InChI=1S/C13H19ClN4O/c1-9-8-18(5-4-17(9)3)13(19)10-6-12(15-2)16-7-11(10)14/h6-7,9H,4-5,8H2,1-3H3,(H,15,16). The molecule has 1 atom stereocenters. The number of halogens is 1. The summed E-state index contributed by atoms with van der Waals surface area (Å²) in [6.07, 6.45) is 1.51. The molecule has 1 aliphatic rings. The minimum atomic E-state index is -0.0242. The van der Waals surface area contributed by atoms with Crippen LogP contribution in [-0.2, 0) is 0 Å². The van der Waals surface area contributed by atoms with Gasteiger partial charge >= 0.3 is 0 Å². The third-order valence-electron chi connectivity index (χ3n) is 3.59. The summed E-state index contributed by atoms with van der Waals surface area (Å²) < 4.78 is 0. The van der Waals surface area contributed by atoms with Gasteiger partial charge in [-0.3, -0.25) is 4.79 Å². The second-order valence-electron chi connectivity index (χ2n) is 4.88. The van der Waals surface area contributed by atoms with E-state index in [-0.39, 0.29) is 5.91 Å². The monoisotopic (exact) mass is 282 g/mol. The zero-order valence-corrected chi connectivity index (χ0v) is 12.2. The highest BCUT2D eigenvalue weighted by molar-refractivity contribution is 6.33. The first-order chi connectivity index (χ1) is 9.02. The molecule has 0 radical (unpaired) electrons. The lowest BCUT2D eigenvalue weighted by molar-refractivity contribution is 0.0572. The molecule has 0 spiro atoms. The van der Waals surface area contributed by atoms with Gasteiger partial charge in [0.25, 0.3) is 5.91 Å². The van der Waals surface area contributed by atoms with E-state index in [2.05, 4.69) is 29.2 Å². The molecule has 2 heterocycles. The van der Waals surface area contributed by atoms with Crippen LogP contribution in [0.5, 0.6) is 0 Å². The fourth-order valence-electron chi connectivity index (χ4n) is 2.14. The fraction of sp³-hybridized carbons (Fsp3) is 0.538. The summed E-state index contributed by atoms with van der Waals surface area (Å²) in [4.78, 5) is 20.7. The predicted molar refractivity (Wildman–Crippen MR) is 76.8 cm³/mol. The van der Waals surface area contributed by atoms with E-state index in [1.54, 1.807) is 13.1 Å². The third-order valence-corrected chi connectivity index (χ3v) is 3.89. The van der Waals surface area contributed by atoms with Crippen molar-refractivity contribution in [3.8, 4) is 0 Å². The third kappa shape index (κ3) is 2.98. The van der Waals surface area contributed by atoms with Crippen molar-refractivity contribution in [3.63, 3.8) is 0 Å². The highest BCUT2D eigenvalue weighted by Crippen LogP contribution is 2.21. The Hall–Kier alpha value is -1.33. The van der Waals surface area contributed by atoms with Gasteiger partial charge in [-0.2, -0.15) is 0 Å². The largest absolute Gasteiger partial charge is 0.373 e. The van der Waals surface area contributed by atoms with Gasteiger partial charge in [0.1, 0.15) is 5.82 Å². The molecule has 0 aliphatic carbocycles. The maximum Gasteiger partial charge on any atom is 0.255 e. The van der Waals surface area contributed by atoms with Gasteiger partial charge in [-0.05, 0) is 20.0 Å². The average molecular weight is 283 g/mol. The van der Waals surface area contributed by atoms with Crippen LogP contribution in [0.25, 0.3) is 0 Å². The molecule has 19 heavy (non-hydrogen) atoms. The van der Waals surface area contributed by atoms with Gasteiger partial charge in [0.2, 0.25) is 0 Å². The number of rotatable bonds is 2. The van der Waals surface area contributed by atoms with Crippen LogP contribution in [0.4, 0.5) is 5.82 Å². The first-order valence-electron chi connectivity index (χ1n) is 6.35. The molecule has 0 bridgehead atoms. The molecule has 1 N–H and O–H groups in total. The Morgan fingerprint density at radius 2 is 2.26 bits per heavy atom. The summed E-state index contributed by atoms with van der Waals surface area (Å²) >= 11 is 6.08. The quantitative estimate of drug-likeness (QED) is 0.894. The Balaban J connectivity index is 2.20. The second-order valence-corrected chi connectivity index (χ2v) is 5.29. The summed E-state index contributed by atoms with van der Waals surface area (Å²) in [7, 11) is 3.84. The molecule has 1 aromatic heterocycles. The lowest BCUT2D eigenvalue weighted by Gasteiger charge is -2.37. The van der Waals surface area contributed by atoms with Gasteiger partial charge in [0.15, 0.2) is 0 Å². The van der Waals surface area contributed by atoms with Crippen molar-refractivity contribution in [1.29, 1.82) is 0 Å². The Morgan fingerprint density at radius 1 is 1.53 bits per heavy atom. The van der Waals surface area contributed by atoms with Gasteiger partial charge < -0.3 is 15.1 Å². The van der Waals surface area contributed by atoms with Crippen molar-refractivity contribution < 1.29 is 4.79 Å². The van der Waals surface area contributed by atoms with Crippen molar-refractivity contribution in [2.24, 2.45) is 0 Å². The van der Waals surface area contributed by atoms with Gasteiger partial charge in [-0.25, -0.2) is 4.98 Å². The molecular weight excluding hydrogens is 264 g/mol. The Morgan fingerprint density at radius 3 is 2.89 bits per heavy atom. The van der Waals surface area contributed by atoms with Gasteiger partial charge in [-0.1, -0.05) is 11.6 Å². The van der Waals surface area contributed by atoms with Crippen molar-refractivity contribution in [1.82, 2.24) is 14.8 Å². The topological polar surface area (TPSA) is 48.5 Å². The predicted octanol–water partition coefficient (Wildman–Crippen LogP) is 1.55. The lowest BCUT2D eigenvalue weighted by atomic mass is 10.1. The molecule has 0 saturated carbocycles. The molecule has 104 valence electrons. The Bertz CT molecular complexity index is 480. The van der Waals surface area contributed by atoms with Crippen LogP contribution >= 0.6 is 11.6 Å². The molecule has 5 nitrogen and oxygen atoms in total. The highest BCUT2D eigenvalue weighted by Gasteiger charge is 2.26. The van der Waals surface area contributed by atoms with Crippen LogP contribution in [0.15, 0.2) is 12.3 Å². The summed E-state index contributed by atoms with van der Waals surface area (Å²) in [6.45, 7) is 4.46. The van der Waals surface area contributed by atoms with E-state index in [1.807, 2.05) is 4.90 Å². The van der Waals surface area contributed by atoms with E-state index in [0.717, 1.165) is 19.6 Å². The van der Waals surface area contributed by atoms with E-state index >= 15 is 0 Å². The smallest absolute Gasteiger partial charge is 0.255 e. The van der Waals surface area contributed by atoms with E-state index in [0.29, 0.717) is 22.4 Å². The van der Waals surface area contributed by atoms with Crippen molar-refractivity contribution >= 4 is 23.3 Å². The zero-order chi connectivity index (χ0) is 14.0. The van der Waals surface area contributed by atoms with Crippen LogP contribution < -0.4 is 5.32 Å². The first-order valence-corrected chi connectivity index (χ1v) is 6.73. The number of amides is 1. The van der Waals surface area contributed by atoms with Crippen LogP contribution in [0, 0.1) is 0 Å². The molecule has 2 rings (SSSR count). The molecule has 1 unspecified atom stereocenters. The normalized spacial score (nSPS) is 20.4. The van der Waals surface area contributed by atoms with Crippen LogP contribution in [0.3, 0.4) is 0 Å². The minimum Gasteiger partial charge on any atom is -0.373 e. The highest BCUT2D eigenvalue weighted by atomic mass is 35.5. The number of carbonyl (C=O) groups is 1.